The molecule has 0 fully saturated rings. The maximum atomic E-state index is 8.70. The smallest absolute Gasteiger partial charge is 0.134 e. The fourth-order valence-electron chi connectivity index (χ4n) is 2.12. The molecule has 3 rings (SSSR count). The summed E-state index contributed by atoms with van der Waals surface area (Å²) in [6.45, 7) is 2.16. The van der Waals surface area contributed by atoms with Gasteiger partial charge in [0.15, 0.2) is 0 Å². The van der Waals surface area contributed by atoms with E-state index in [0.29, 0.717) is 0 Å². The van der Waals surface area contributed by atoms with Crippen LogP contribution in [0, 0.1) is 6.92 Å². The molecule has 0 spiro atoms. The van der Waals surface area contributed by atoms with Crippen molar-refractivity contribution in [2.45, 2.75) is 6.92 Å². The van der Waals surface area contributed by atoms with E-state index in [4.69, 9.17) is 14.4 Å². The average molecular weight is 273 g/mol. The van der Waals surface area contributed by atoms with Crippen molar-refractivity contribution in [1.29, 1.82) is 0 Å². The first-order valence-electron chi connectivity index (χ1n) is 5.81. The molecule has 4 heteroatoms. The molecule has 0 radical (unpaired) electrons. The van der Waals surface area contributed by atoms with Crippen molar-refractivity contribution in [2.24, 2.45) is 0 Å². The minimum atomic E-state index is -2.87. The van der Waals surface area contributed by atoms with Crippen LogP contribution in [0.15, 0.2) is 54.6 Å². The van der Waals surface area contributed by atoms with Gasteiger partial charge in [0.05, 0.1) is 0 Å². The molecule has 3 aromatic rings. The minimum Gasteiger partial charge on any atom is -0.134 e. The molecule has 0 aliphatic heterocycles. The van der Waals surface area contributed by atoms with Crippen LogP contribution in [-0.2, 0) is 4.57 Å². The lowest BCUT2D eigenvalue weighted by Crippen LogP contribution is -1.79. The molecule has 96 valence electrons. The molecule has 0 aliphatic rings. The van der Waals surface area contributed by atoms with Crippen LogP contribution in [0.2, 0.25) is 0 Å². The Morgan fingerprint density at radius 1 is 0.842 bits per heavy atom. The van der Waals surface area contributed by atoms with Gasteiger partial charge in [-0.2, -0.15) is 0 Å². The largest absolute Gasteiger partial charge is 0.692 e. The van der Waals surface area contributed by atoms with Gasteiger partial charge in [-0.3, -0.25) is 0 Å². The number of benzene rings is 3. The summed E-state index contributed by atoms with van der Waals surface area (Å²) >= 11 is 0. The monoisotopic (exact) mass is 273 g/mol. The van der Waals surface area contributed by atoms with Crippen LogP contribution in [0.1, 0.15) is 5.56 Å². The van der Waals surface area contributed by atoms with Crippen molar-refractivity contribution in [1.82, 2.24) is 0 Å². The van der Waals surface area contributed by atoms with Gasteiger partial charge in [-0.15, -0.1) is 9.79 Å². The quantitative estimate of drug-likeness (QED) is 0.482. The molecule has 3 nitrogen and oxygen atoms in total. The molecular formula is C15H14O3P+. The van der Waals surface area contributed by atoms with Crippen molar-refractivity contribution in [3.63, 3.8) is 0 Å². The number of fused-ring (bicyclic) bond motifs is 2. The number of rotatable bonds is 0. The lowest BCUT2D eigenvalue weighted by atomic mass is 10.0. The highest BCUT2D eigenvalue weighted by molar-refractivity contribution is 7.30. The van der Waals surface area contributed by atoms with Gasteiger partial charge in [0.2, 0.25) is 0 Å². The predicted molar refractivity (Wildman–Crippen MR) is 78.2 cm³/mol. The normalized spacial score (nSPS) is 10.1. The van der Waals surface area contributed by atoms with Crippen molar-refractivity contribution in [3.8, 4) is 0 Å². The van der Waals surface area contributed by atoms with Crippen molar-refractivity contribution < 1.29 is 14.4 Å². The molecule has 0 atom stereocenters. The first-order chi connectivity index (χ1) is 9.08. The van der Waals surface area contributed by atoms with Crippen molar-refractivity contribution >= 4 is 29.8 Å². The molecule has 0 amide bonds. The molecule has 0 aliphatic carbocycles. The summed E-state index contributed by atoms with van der Waals surface area (Å²) in [6, 6.07) is 19.5. The second kappa shape index (κ2) is 5.89. The van der Waals surface area contributed by atoms with Gasteiger partial charge in [0.1, 0.15) is 0 Å². The van der Waals surface area contributed by atoms with E-state index in [1.54, 1.807) is 0 Å². The Kier molecular flexibility index (Phi) is 4.23. The van der Waals surface area contributed by atoms with Crippen LogP contribution in [-0.4, -0.2) is 9.79 Å². The van der Waals surface area contributed by atoms with Crippen LogP contribution in [0.5, 0.6) is 0 Å². The highest BCUT2D eigenvalue weighted by Crippen LogP contribution is 2.24. The first kappa shape index (κ1) is 13.6. The van der Waals surface area contributed by atoms with Crippen LogP contribution < -0.4 is 0 Å². The average Bonchev–Trinajstić information content (AvgIpc) is 2.37. The predicted octanol–water partition coefficient (Wildman–Crippen LogP) is 3.93. The summed E-state index contributed by atoms with van der Waals surface area (Å²) in [6.07, 6.45) is 0. The van der Waals surface area contributed by atoms with Crippen molar-refractivity contribution in [3.05, 3.63) is 60.2 Å². The second-order valence-electron chi connectivity index (χ2n) is 4.25. The summed E-state index contributed by atoms with van der Waals surface area (Å²) in [5.74, 6) is 0. The second-order valence-corrected chi connectivity index (χ2v) is 4.75. The third-order valence-corrected chi connectivity index (χ3v) is 2.96. The summed E-state index contributed by atoms with van der Waals surface area (Å²) in [5, 5.41) is 5.32. The lowest BCUT2D eigenvalue weighted by molar-refractivity contribution is 0.405. The Balaban J connectivity index is 0.000000297. The Hall–Kier alpha value is -1.80. The zero-order chi connectivity index (χ0) is 13.8. The van der Waals surface area contributed by atoms with E-state index in [1.165, 1.54) is 27.1 Å². The third-order valence-electron chi connectivity index (χ3n) is 2.96. The van der Waals surface area contributed by atoms with E-state index < -0.39 is 8.25 Å². The van der Waals surface area contributed by atoms with Gasteiger partial charge >= 0.3 is 8.25 Å². The maximum Gasteiger partial charge on any atom is 0.692 e. The van der Waals surface area contributed by atoms with Crippen LogP contribution in [0.3, 0.4) is 0 Å². The Morgan fingerprint density at radius 2 is 1.37 bits per heavy atom. The molecular weight excluding hydrogens is 259 g/mol. The zero-order valence-electron chi connectivity index (χ0n) is 10.4. The summed E-state index contributed by atoms with van der Waals surface area (Å²) in [7, 11) is -2.87. The SMILES string of the molecule is Cc1cccc2cc3ccccc3cc12.O=[P+](O)O. The van der Waals surface area contributed by atoms with Crippen LogP contribution in [0.4, 0.5) is 0 Å². The van der Waals surface area contributed by atoms with Gasteiger partial charge in [-0.05, 0) is 46.2 Å². The molecule has 2 N–H and O–H groups in total. The van der Waals surface area contributed by atoms with E-state index >= 15 is 0 Å². The van der Waals surface area contributed by atoms with E-state index in [-0.39, 0.29) is 0 Å². The topological polar surface area (TPSA) is 57.5 Å². The summed E-state index contributed by atoms with van der Waals surface area (Å²) in [4.78, 5) is 14.2. The van der Waals surface area contributed by atoms with E-state index in [1.807, 2.05) is 0 Å². The van der Waals surface area contributed by atoms with E-state index in [0.717, 1.165) is 0 Å². The summed E-state index contributed by atoms with van der Waals surface area (Å²) < 4.78 is 8.70. The molecule has 19 heavy (non-hydrogen) atoms. The standard InChI is InChI=1S/C15H12.HO3P/c1-11-5-4-8-14-9-12-6-2-3-7-13(12)10-15(11)14;1-4(2)3/h2-10H,1H3;(H-,1,2,3)/p+1. The highest BCUT2D eigenvalue weighted by Gasteiger charge is 1.98. The number of hydrogen-bond donors (Lipinski definition) is 2. The Labute approximate surface area is 112 Å². The molecule has 0 saturated carbocycles. The minimum absolute atomic E-state index is 1.32. The number of aryl methyl sites for hydroxylation is 1. The molecule has 0 unspecified atom stereocenters. The van der Waals surface area contributed by atoms with Crippen LogP contribution in [0.25, 0.3) is 21.5 Å². The van der Waals surface area contributed by atoms with E-state index in [9.17, 15) is 0 Å². The van der Waals surface area contributed by atoms with Gasteiger partial charge in [0.25, 0.3) is 0 Å². The third kappa shape index (κ3) is 3.36. The fraction of sp³-hybridized carbons (Fsp3) is 0.0667. The Bertz CT molecular complexity index is 734. The zero-order valence-corrected chi connectivity index (χ0v) is 11.3. The molecule has 0 bridgehead atoms. The van der Waals surface area contributed by atoms with Gasteiger partial charge < -0.3 is 0 Å². The highest BCUT2D eigenvalue weighted by atomic mass is 31.1. The van der Waals surface area contributed by atoms with Gasteiger partial charge in [-0.25, -0.2) is 0 Å². The van der Waals surface area contributed by atoms with Gasteiger partial charge in [-0.1, -0.05) is 42.5 Å². The molecule has 0 saturated heterocycles. The lowest BCUT2D eigenvalue weighted by Gasteiger charge is -2.04. The molecule has 3 aromatic carbocycles. The fourth-order valence-corrected chi connectivity index (χ4v) is 2.12. The van der Waals surface area contributed by atoms with Crippen LogP contribution >= 0.6 is 8.25 Å². The van der Waals surface area contributed by atoms with E-state index in [2.05, 4.69) is 61.5 Å². The van der Waals surface area contributed by atoms with Crippen molar-refractivity contribution in [2.75, 3.05) is 0 Å². The summed E-state index contributed by atoms with van der Waals surface area (Å²) in [5.41, 5.74) is 1.35. The Morgan fingerprint density at radius 3 is 2.00 bits per heavy atom. The first-order valence-corrected chi connectivity index (χ1v) is 6.97. The number of hydrogen-bond acceptors (Lipinski definition) is 1. The van der Waals surface area contributed by atoms with Gasteiger partial charge in [0, 0.05) is 4.57 Å². The molecule has 0 aromatic heterocycles. The maximum absolute atomic E-state index is 8.70. The molecule has 0 heterocycles.